The van der Waals surface area contributed by atoms with Crippen LogP contribution < -0.4 is 5.32 Å². The van der Waals surface area contributed by atoms with Crippen LogP contribution in [0.3, 0.4) is 0 Å². The van der Waals surface area contributed by atoms with E-state index in [1.54, 1.807) is 19.9 Å². The maximum atomic E-state index is 13.2. The number of nitro groups is 1. The first kappa shape index (κ1) is 14.5. The van der Waals surface area contributed by atoms with Crippen molar-refractivity contribution in [1.82, 2.24) is 9.97 Å². The highest BCUT2D eigenvalue weighted by Gasteiger charge is 2.21. The van der Waals surface area contributed by atoms with Gasteiger partial charge in [-0.15, -0.1) is 0 Å². The number of hydrogen-bond donors (Lipinski definition) is 1. The molecular weight excluding hydrogens is 279 g/mol. The van der Waals surface area contributed by atoms with E-state index < -0.39 is 22.3 Å². The Kier molecular flexibility index (Phi) is 3.88. The van der Waals surface area contributed by atoms with Crippen molar-refractivity contribution in [1.29, 1.82) is 0 Å². The standard InChI is InChI=1S/C13H11FN4O3/c1-7-5-8(2)16-13(15-7)17-12(19)10-6-9(14)3-4-11(10)18(20)21/h3-6H,1-2H3,(H,15,16,17,19). The lowest BCUT2D eigenvalue weighted by molar-refractivity contribution is -0.385. The number of hydrogen-bond acceptors (Lipinski definition) is 5. The number of nitrogens with one attached hydrogen (secondary N) is 1. The number of carbonyl (C=O) groups is 1. The minimum Gasteiger partial charge on any atom is -0.290 e. The lowest BCUT2D eigenvalue weighted by Crippen LogP contribution is -2.16. The lowest BCUT2D eigenvalue weighted by atomic mass is 10.1. The Labute approximate surface area is 119 Å². The average Bonchev–Trinajstić information content (AvgIpc) is 2.36. The minimum absolute atomic E-state index is 0.0102. The van der Waals surface area contributed by atoms with E-state index in [0.717, 1.165) is 18.2 Å². The van der Waals surface area contributed by atoms with Crippen molar-refractivity contribution in [3.8, 4) is 0 Å². The fraction of sp³-hybridized carbons (Fsp3) is 0.154. The number of halogens is 1. The summed E-state index contributed by atoms with van der Waals surface area (Å²) in [7, 11) is 0. The van der Waals surface area contributed by atoms with Crippen LogP contribution in [0.5, 0.6) is 0 Å². The molecule has 0 atom stereocenters. The third-order valence-corrected chi connectivity index (χ3v) is 2.61. The van der Waals surface area contributed by atoms with Gasteiger partial charge in [0.15, 0.2) is 0 Å². The highest BCUT2D eigenvalue weighted by atomic mass is 19.1. The molecule has 108 valence electrons. The molecule has 0 unspecified atom stereocenters. The molecule has 0 radical (unpaired) electrons. The molecule has 2 aromatic rings. The van der Waals surface area contributed by atoms with Gasteiger partial charge in [0, 0.05) is 17.5 Å². The number of benzene rings is 1. The predicted octanol–water partition coefficient (Wildman–Crippen LogP) is 2.39. The molecule has 1 N–H and O–H groups in total. The fourth-order valence-corrected chi connectivity index (χ4v) is 1.80. The molecule has 7 nitrogen and oxygen atoms in total. The molecule has 0 bridgehead atoms. The SMILES string of the molecule is Cc1cc(C)nc(NC(=O)c2cc(F)ccc2[N+](=O)[O-])n1. The van der Waals surface area contributed by atoms with Gasteiger partial charge >= 0.3 is 0 Å². The van der Waals surface area contributed by atoms with Gasteiger partial charge in [-0.25, -0.2) is 14.4 Å². The van der Waals surface area contributed by atoms with Crippen LogP contribution in [0.1, 0.15) is 21.7 Å². The Morgan fingerprint density at radius 2 is 1.86 bits per heavy atom. The summed E-state index contributed by atoms with van der Waals surface area (Å²) in [6.07, 6.45) is 0. The summed E-state index contributed by atoms with van der Waals surface area (Å²) in [6, 6.07) is 4.37. The summed E-state index contributed by atoms with van der Waals surface area (Å²) in [4.78, 5) is 30.1. The van der Waals surface area contributed by atoms with E-state index in [1.165, 1.54) is 0 Å². The van der Waals surface area contributed by atoms with Crippen molar-refractivity contribution in [2.24, 2.45) is 0 Å². The van der Waals surface area contributed by atoms with Gasteiger partial charge < -0.3 is 0 Å². The number of amides is 1. The quantitative estimate of drug-likeness (QED) is 0.691. The molecule has 1 aromatic heterocycles. The van der Waals surface area contributed by atoms with Crippen LogP contribution in [-0.4, -0.2) is 20.8 Å². The van der Waals surface area contributed by atoms with Crippen molar-refractivity contribution < 1.29 is 14.1 Å². The van der Waals surface area contributed by atoms with Gasteiger partial charge in [0.25, 0.3) is 11.6 Å². The fourth-order valence-electron chi connectivity index (χ4n) is 1.80. The van der Waals surface area contributed by atoms with Gasteiger partial charge in [0.1, 0.15) is 11.4 Å². The third-order valence-electron chi connectivity index (χ3n) is 2.61. The number of aromatic nitrogens is 2. The number of carbonyl (C=O) groups excluding carboxylic acids is 1. The van der Waals surface area contributed by atoms with Gasteiger partial charge in [-0.2, -0.15) is 0 Å². The highest BCUT2D eigenvalue weighted by molar-refractivity contribution is 6.06. The molecule has 0 aliphatic carbocycles. The van der Waals surface area contributed by atoms with Crippen molar-refractivity contribution in [2.45, 2.75) is 13.8 Å². The van der Waals surface area contributed by atoms with Crippen molar-refractivity contribution in [3.63, 3.8) is 0 Å². The molecule has 0 fully saturated rings. The Bertz CT molecular complexity index is 713. The van der Waals surface area contributed by atoms with Gasteiger partial charge in [-0.3, -0.25) is 20.2 Å². The number of anilines is 1. The summed E-state index contributed by atoms with van der Waals surface area (Å²) in [5, 5.41) is 13.2. The van der Waals surface area contributed by atoms with E-state index in [2.05, 4.69) is 15.3 Å². The van der Waals surface area contributed by atoms with Gasteiger partial charge in [0.2, 0.25) is 5.95 Å². The molecule has 0 spiro atoms. The first-order valence-electron chi connectivity index (χ1n) is 5.94. The largest absolute Gasteiger partial charge is 0.290 e. The summed E-state index contributed by atoms with van der Waals surface area (Å²) in [5.41, 5.74) is 0.388. The topological polar surface area (TPSA) is 98.0 Å². The van der Waals surface area contributed by atoms with Crippen LogP contribution >= 0.6 is 0 Å². The maximum absolute atomic E-state index is 13.2. The third kappa shape index (κ3) is 3.35. The predicted molar refractivity (Wildman–Crippen MR) is 72.5 cm³/mol. The monoisotopic (exact) mass is 290 g/mol. The first-order chi connectivity index (χ1) is 9.86. The van der Waals surface area contributed by atoms with E-state index in [9.17, 15) is 19.3 Å². The van der Waals surface area contributed by atoms with Crippen LogP contribution in [0.4, 0.5) is 16.0 Å². The average molecular weight is 290 g/mol. The second kappa shape index (κ2) is 5.61. The Morgan fingerprint density at radius 3 is 2.43 bits per heavy atom. The minimum atomic E-state index is -0.841. The summed E-state index contributed by atoms with van der Waals surface area (Å²) in [6.45, 7) is 3.43. The molecule has 0 saturated carbocycles. The van der Waals surface area contributed by atoms with Crippen molar-refractivity contribution in [3.05, 3.63) is 57.1 Å². The lowest BCUT2D eigenvalue weighted by Gasteiger charge is -2.06. The Balaban J connectivity index is 2.36. The van der Waals surface area contributed by atoms with E-state index in [0.29, 0.717) is 11.4 Å². The molecule has 1 aromatic carbocycles. The molecule has 1 heterocycles. The molecule has 21 heavy (non-hydrogen) atoms. The summed E-state index contributed by atoms with van der Waals surface area (Å²) >= 11 is 0. The first-order valence-corrected chi connectivity index (χ1v) is 5.94. The number of nitrogens with zero attached hydrogens (tertiary/aromatic N) is 3. The zero-order valence-corrected chi connectivity index (χ0v) is 11.3. The smallest absolute Gasteiger partial charge is 0.282 e. The molecule has 8 heteroatoms. The van der Waals surface area contributed by atoms with E-state index >= 15 is 0 Å². The molecular formula is C13H11FN4O3. The van der Waals surface area contributed by atoms with Crippen LogP contribution in [0, 0.1) is 29.8 Å². The molecule has 0 aliphatic rings. The molecule has 2 rings (SSSR count). The van der Waals surface area contributed by atoms with Gasteiger partial charge in [0.05, 0.1) is 4.92 Å². The van der Waals surface area contributed by atoms with Gasteiger partial charge in [-0.1, -0.05) is 0 Å². The van der Waals surface area contributed by atoms with Crippen LogP contribution in [-0.2, 0) is 0 Å². The number of rotatable bonds is 3. The zero-order valence-electron chi connectivity index (χ0n) is 11.3. The highest BCUT2D eigenvalue weighted by Crippen LogP contribution is 2.20. The van der Waals surface area contributed by atoms with Gasteiger partial charge in [-0.05, 0) is 32.0 Å². The summed E-state index contributed by atoms with van der Waals surface area (Å²) in [5.74, 6) is -1.57. The molecule has 0 aliphatic heterocycles. The van der Waals surface area contributed by atoms with Crippen LogP contribution in [0.2, 0.25) is 0 Å². The van der Waals surface area contributed by atoms with E-state index in [1.807, 2.05) is 0 Å². The van der Waals surface area contributed by atoms with Crippen LogP contribution in [0.25, 0.3) is 0 Å². The molecule has 1 amide bonds. The zero-order chi connectivity index (χ0) is 15.6. The van der Waals surface area contributed by atoms with E-state index in [-0.39, 0.29) is 11.5 Å². The van der Waals surface area contributed by atoms with Crippen LogP contribution in [0.15, 0.2) is 24.3 Å². The Morgan fingerprint density at radius 1 is 1.24 bits per heavy atom. The number of aryl methyl sites for hydroxylation is 2. The van der Waals surface area contributed by atoms with Crippen molar-refractivity contribution in [2.75, 3.05) is 5.32 Å². The second-order valence-electron chi connectivity index (χ2n) is 4.35. The van der Waals surface area contributed by atoms with Crippen molar-refractivity contribution >= 4 is 17.5 Å². The summed E-state index contributed by atoms with van der Waals surface area (Å²) < 4.78 is 13.2. The number of nitro benzene ring substituents is 1. The second-order valence-corrected chi connectivity index (χ2v) is 4.35. The normalized spacial score (nSPS) is 10.2. The Hall–Kier alpha value is -2.90. The van der Waals surface area contributed by atoms with E-state index in [4.69, 9.17) is 0 Å². The molecule has 0 saturated heterocycles. The maximum Gasteiger partial charge on any atom is 0.282 e.